The SMILES string of the molecule is C.CCCC(Nc1cncc(-c2ccc(OCCN(CC)CC)c(OC)c2)n1)c1ccccc1. The van der Waals surface area contributed by atoms with Crippen molar-refractivity contribution in [3.8, 4) is 22.8 Å². The number of nitrogens with one attached hydrogen (secondary N) is 1. The van der Waals surface area contributed by atoms with Crippen molar-refractivity contribution in [1.29, 1.82) is 0 Å². The lowest BCUT2D eigenvalue weighted by molar-refractivity contribution is 0.217. The minimum Gasteiger partial charge on any atom is -0.493 e. The summed E-state index contributed by atoms with van der Waals surface area (Å²) in [5, 5.41) is 3.56. The summed E-state index contributed by atoms with van der Waals surface area (Å²) in [6.45, 7) is 10.1. The zero-order valence-electron chi connectivity index (χ0n) is 20.3. The molecule has 0 radical (unpaired) electrons. The molecule has 0 amide bonds. The molecule has 1 aromatic heterocycles. The van der Waals surface area contributed by atoms with Crippen molar-refractivity contribution in [2.45, 2.75) is 47.1 Å². The Labute approximate surface area is 205 Å². The Morgan fingerprint density at radius 1 is 0.971 bits per heavy atom. The van der Waals surface area contributed by atoms with Crippen LogP contribution in [0.1, 0.15) is 52.6 Å². The Morgan fingerprint density at radius 3 is 2.41 bits per heavy atom. The predicted molar refractivity (Wildman–Crippen MR) is 142 cm³/mol. The standard InChI is InChI=1S/C27H36N4O2.CH4/c1-5-11-23(21-12-9-8-10-13-21)29-27-20-28-19-24(30-27)22-14-15-25(26(18-22)32-4)33-17-16-31(6-2)7-3;/h8-10,12-15,18-20,23H,5-7,11,16-17H2,1-4H3,(H,29,30);1H4. The second-order valence-electron chi connectivity index (χ2n) is 7.93. The molecule has 1 atom stereocenters. The van der Waals surface area contributed by atoms with Crippen molar-refractivity contribution in [2.75, 3.05) is 38.7 Å². The normalized spacial score (nSPS) is 11.6. The molecule has 6 heteroatoms. The first kappa shape index (κ1) is 27.1. The third-order valence-electron chi connectivity index (χ3n) is 5.75. The van der Waals surface area contributed by atoms with E-state index in [4.69, 9.17) is 14.5 Å². The lowest BCUT2D eigenvalue weighted by Crippen LogP contribution is -2.27. The van der Waals surface area contributed by atoms with Crippen LogP contribution < -0.4 is 14.8 Å². The number of rotatable bonds is 13. The molecule has 1 unspecified atom stereocenters. The minimum absolute atomic E-state index is 0. The minimum atomic E-state index is 0. The van der Waals surface area contributed by atoms with Crippen molar-refractivity contribution >= 4 is 5.82 Å². The predicted octanol–water partition coefficient (Wildman–Crippen LogP) is 6.46. The molecule has 0 fully saturated rings. The van der Waals surface area contributed by atoms with Gasteiger partial charge in [0.15, 0.2) is 11.5 Å². The first-order chi connectivity index (χ1) is 16.2. The number of benzene rings is 2. The fraction of sp³-hybridized carbons (Fsp3) is 0.429. The summed E-state index contributed by atoms with van der Waals surface area (Å²) in [4.78, 5) is 11.6. The molecular weight excluding hydrogens is 424 g/mol. The van der Waals surface area contributed by atoms with E-state index in [-0.39, 0.29) is 13.5 Å². The Morgan fingerprint density at radius 2 is 1.74 bits per heavy atom. The third-order valence-corrected chi connectivity index (χ3v) is 5.75. The average molecular weight is 465 g/mol. The van der Waals surface area contributed by atoms with E-state index >= 15 is 0 Å². The second kappa shape index (κ2) is 14.2. The number of ether oxygens (including phenoxy) is 2. The lowest BCUT2D eigenvalue weighted by atomic mass is 10.0. The number of methoxy groups -OCH3 is 1. The van der Waals surface area contributed by atoms with Gasteiger partial charge in [-0.1, -0.05) is 65.0 Å². The molecule has 0 aliphatic heterocycles. The highest BCUT2D eigenvalue weighted by atomic mass is 16.5. The van der Waals surface area contributed by atoms with Crippen molar-refractivity contribution in [1.82, 2.24) is 14.9 Å². The summed E-state index contributed by atoms with van der Waals surface area (Å²) < 4.78 is 11.6. The van der Waals surface area contributed by atoms with E-state index in [1.54, 1.807) is 19.5 Å². The molecule has 6 nitrogen and oxygen atoms in total. The summed E-state index contributed by atoms with van der Waals surface area (Å²) in [5.41, 5.74) is 2.97. The first-order valence-corrected chi connectivity index (χ1v) is 11.9. The zero-order chi connectivity index (χ0) is 23.5. The Balaban J connectivity index is 0.00000408. The van der Waals surface area contributed by atoms with E-state index < -0.39 is 0 Å². The van der Waals surface area contributed by atoms with Gasteiger partial charge < -0.3 is 19.7 Å². The monoisotopic (exact) mass is 464 g/mol. The average Bonchev–Trinajstić information content (AvgIpc) is 2.87. The molecule has 0 aliphatic carbocycles. The van der Waals surface area contributed by atoms with E-state index in [0.717, 1.165) is 55.3 Å². The summed E-state index contributed by atoms with van der Waals surface area (Å²) in [7, 11) is 1.66. The zero-order valence-corrected chi connectivity index (χ0v) is 20.3. The van der Waals surface area contributed by atoms with Gasteiger partial charge in [-0.05, 0) is 43.3 Å². The molecule has 1 heterocycles. The number of aromatic nitrogens is 2. The van der Waals surface area contributed by atoms with Gasteiger partial charge in [-0.2, -0.15) is 0 Å². The van der Waals surface area contributed by atoms with Crippen LogP contribution in [-0.4, -0.2) is 48.2 Å². The van der Waals surface area contributed by atoms with E-state index in [9.17, 15) is 0 Å². The van der Waals surface area contributed by atoms with Gasteiger partial charge in [0.2, 0.25) is 0 Å². The fourth-order valence-corrected chi connectivity index (χ4v) is 3.82. The molecule has 0 spiro atoms. The van der Waals surface area contributed by atoms with E-state index in [2.05, 4.69) is 60.2 Å². The number of hydrogen-bond donors (Lipinski definition) is 1. The van der Waals surface area contributed by atoms with Crippen LogP contribution in [0.2, 0.25) is 0 Å². The van der Waals surface area contributed by atoms with Gasteiger partial charge >= 0.3 is 0 Å². The van der Waals surface area contributed by atoms with Crippen LogP contribution in [0.15, 0.2) is 60.9 Å². The van der Waals surface area contributed by atoms with E-state index in [1.807, 2.05) is 24.3 Å². The Kier molecular flexibility index (Phi) is 11.3. The van der Waals surface area contributed by atoms with Crippen LogP contribution in [-0.2, 0) is 0 Å². The lowest BCUT2D eigenvalue weighted by Gasteiger charge is -2.20. The van der Waals surface area contributed by atoms with Crippen LogP contribution in [0.3, 0.4) is 0 Å². The molecule has 1 N–H and O–H groups in total. The van der Waals surface area contributed by atoms with Gasteiger partial charge in [0, 0.05) is 12.1 Å². The molecule has 3 aromatic rings. The van der Waals surface area contributed by atoms with Gasteiger partial charge in [0.1, 0.15) is 12.4 Å². The van der Waals surface area contributed by atoms with Crippen molar-refractivity contribution in [2.24, 2.45) is 0 Å². The molecule has 3 rings (SSSR count). The maximum atomic E-state index is 5.99. The maximum absolute atomic E-state index is 5.99. The molecule has 2 aromatic carbocycles. The highest BCUT2D eigenvalue weighted by Crippen LogP contribution is 2.32. The van der Waals surface area contributed by atoms with Gasteiger partial charge in [-0.3, -0.25) is 4.98 Å². The van der Waals surface area contributed by atoms with Crippen LogP contribution >= 0.6 is 0 Å². The number of likely N-dealkylation sites (N-methyl/N-ethyl adjacent to an activating group) is 1. The van der Waals surface area contributed by atoms with Crippen molar-refractivity contribution < 1.29 is 9.47 Å². The van der Waals surface area contributed by atoms with E-state index in [1.165, 1.54) is 5.56 Å². The molecular formula is C28H40N4O2. The molecule has 0 bridgehead atoms. The molecule has 0 saturated heterocycles. The highest BCUT2D eigenvalue weighted by Gasteiger charge is 2.13. The van der Waals surface area contributed by atoms with E-state index in [0.29, 0.717) is 12.4 Å². The topological polar surface area (TPSA) is 59.5 Å². The van der Waals surface area contributed by atoms with Crippen molar-refractivity contribution in [3.63, 3.8) is 0 Å². The number of hydrogen-bond acceptors (Lipinski definition) is 6. The molecule has 0 aliphatic rings. The smallest absolute Gasteiger partial charge is 0.161 e. The van der Waals surface area contributed by atoms with Gasteiger partial charge in [0.25, 0.3) is 0 Å². The first-order valence-electron chi connectivity index (χ1n) is 11.9. The molecule has 34 heavy (non-hydrogen) atoms. The van der Waals surface area contributed by atoms with Crippen LogP contribution in [0.25, 0.3) is 11.3 Å². The molecule has 184 valence electrons. The summed E-state index contributed by atoms with van der Waals surface area (Å²) in [6, 6.07) is 16.6. The van der Waals surface area contributed by atoms with Gasteiger partial charge in [0.05, 0.1) is 31.2 Å². The summed E-state index contributed by atoms with van der Waals surface area (Å²) in [6.07, 6.45) is 5.64. The Bertz CT molecular complexity index is 977. The van der Waals surface area contributed by atoms with Crippen LogP contribution in [0.4, 0.5) is 5.82 Å². The highest BCUT2D eigenvalue weighted by molar-refractivity contribution is 5.64. The third kappa shape index (κ3) is 7.45. The van der Waals surface area contributed by atoms with Gasteiger partial charge in [-0.25, -0.2) is 4.98 Å². The van der Waals surface area contributed by atoms with Crippen molar-refractivity contribution in [3.05, 3.63) is 66.5 Å². The Hall–Kier alpha value is -3.12. The molecule has 0 saturated carbocycles. The summed E-state index contributed by atoms with van der Waals surface area (Å²) in [5.74, 6) is 2.19. The number of anilines is 1. The fourth-order valence-electron chi connectivity index (χ4n) is 3.82. The summed E-state index contributed by atoms with van der Waals surface area (Å²) >= 11 is 0. The quantitative estimate of drug-likeness (QED) is 0.313. The second-order valence-corrected chi connectivity index (χ2v) is 7.93. The largest absolute Gasteiger partial charge is 0.493 e. The van der Waals surface area contributed by atoms with Gasteiger partial charge in [-0.15, -0.1) is 0 Å². The maximum Gasteiger partial charge on any atom is 0.161 e. The van der Waals surface area contributed by atoms with Crippen LogP contribution in [0, 0.1) is 0 Å². The number of nitrogens with zero attached hydrogens (tertiary/aromatic N) is 3. The van der Waals surface area contributed by atoms with Crippen LogP contribution in [0.5, 0.6) is 11.5 Å².